The van der Waals surface area contributed by atoms with E-state index in [4.69, 9.17) is 30.5 Å². The molecule has 0 aliphatic heterocycles. The van der Waals surface area contributed by atoms with Crippen molar-refractivity contribution >= 4 is 52.3 Å². The molecule has 7 nitrogen and oxygen atoms in total. The second kappa shape index (κ2) is 11.8. The fraction of sp³-hybridized carbons (Fsp3) is 0.107. The molecule has 0 amide bonds. The van der Waals surface area contributed by atoms with Gasteiger partial charge < -0.3 is 18.9 Å². The molecular formula is C28H22ClNO6S. The van der Waals surface area contributed by atoms with Gasteiger partial charge in [0.2, 0.25) is 0 Å². The average molecular weight is 536 g/mol. The zero-order valence-corrected chi connectivity index (χ0v) is 21.8. The summed E-state index contributed by atoms with van der Waals surface area (Å²) in [4.78, 5) is 30.7. The Kier molecular flexibility index (Phi) is 8.32. The molecule has 0 spiro atoms. The van der Waals surface area contributed by atoms with Crippen LogP contribution in [0.1, 0.15) is 15.9 Å². The van der Waals surface area contributed by atoms with E-state index in [9.17, 15) is 9.59 Å². The number of carbonyl (C=O) groups excluding carboxylic acids is 2. The predicted molar refractivity (Wildman–Crippen MR) is 144 cm³/mol. The number of rotatable bonds is 8. The molecule has 0 N–H and O–H groups in total. The quantitative estimate of drug-likeness (QED) is 0.110. The van der Waals surface area contributed by atoms with Crippen molar-refractivity contribution in [2.24, 2.45) is 0 Å². The zero-order chi connectivity index (χ0) is 26.4. The molecule has 0 atom stereocenters. The lowest BCUT2D eigenvalue weighted by atomic mass is 10.2. The minimum Gasteiger partial charge on any atom is -0.493 e. The van der Waals surface area contributed by atoms with Gasteiger partial charge in [-0.15, -0.1) is 0 Å². The molecule has 0 unspecified atom stereocenters. The molecule has 0 saturated carbocycles. The Morgan fingerprint density at radius 2 is 1.65 bits per heavy atom. The number of hydrogen-bond acceptors (Lipinski definition) is 8. The summed E-state index contributed by atoms with van der Waals surface area (Å²) in [5.74, 6) is 0.266. The maximum atomic E-state index is 12.6. The minimum atomic E-state index is -0.542. The van der Waals surface area contributed by atoms with Crippen LogP contribution in [-0.4, -0.2) is 38.3 Å². The van der Waals surface area contributed by atoms with Gasteiger partial charge in [-0.25, -0.2) is 9.59 Å². The second-order valence-electron chi connectivity index (χ2n) is 7.60. The van der Waals surface area contributed by atoms with Crippen molar-refractivity contribution in [2.75, 3.05) is 21.3 Å². The highest BCUT2D eigenvalue weighted by molar-refractivity contribution is 8.04. The molecule has 188 valence electrons. The minimum absolute atomic E-state index is 0.317. The van der Waals surface area contributed by atoms with Crippen LogP contribution in [0.25, 0.3) is 17.0 Å². The predicted octanol–water partition coefficient (Wildman–Crippen LogP) is 6.43. The number of benzene rings is 3. The number of thioether (sulfide) groups is 1. The first-order valence-electron chi connectivity index (χ1n) is 11.0. The Hall–Kier alpha value is -4.01. The van der Waals surface area contributed by atoms with Crippen molar-refractivity contribution < 1.29 is 28.5 Å². The Labute approximate surface area is 223 Å². The number of halogens is 1. The van der Waals surface area contributed by atoms with E-state index in [0.717, 1.165) is 21.4 Å². The SMILES string of the molecule is COC(=O)/C(=C\c1ccc(OC(=O)c2ccc(OC)c(OC)c2)cc1)Sc1ccnc2cc(Cl)ccc12. The molecule has 9 heteroatoms. The molecule has 0 aliphatic rings. The van der Waals surface area contributed by atoms with Crippen molar-refractivity contribution in [1.29, 1.82) is 0 Å². The lowest BCUT2D eigenvalue weighted by Gasteiger charge is -2.10. The van der Waals surface area contributed by atoms with Crippen LogP contribution < -0.4 is 14.2 Å². The normalized spacial score (nSPS) is 11.2. The highest BCUT2D eigenvalue weighted by Gasteiger charge is 2.16. The number of methoxy groups -OCH3 is 3. The maximum Gasteiger partial charge on any atom is 0.344 e. The van der Waals surface area contributed by atoms with Gasteiger partial charge in [0.05, 0.1) is 37.3 Å². The van der Waals surface area contributed by atoms with E-state index in [1.54, 1.807) is 66.9 Å². The largest absolute Gasteiger partial charge is 0.493 e. The number of hydrogen-bond donors (Lipinski definition) is 0. The second-order valence-corrected chi connectivity index (χ2v) is 9.12. The van der Waals surface area contributed by atoms with E-state index in [-0.39, 0.29) is 0 Å². The Balaban J connectivity index is 1.54. The number of ether oxygens (including phenoxy) is 4. The molecule has 0 bridgehead atoms. The zero-order valence-electron chi connectivity index (χ0n) is 20.2. The smallest absolute Gasteiger partial charge is 0.344 e. The number of esters is 2. The van der Waals surface area contributed by atoms with E-state index in [2.05, 4.69) is 4.98 Å². The van der Waals surface area contributed by atoms with Crippen LogP contribution in [0, 0.1) is 0 Å². The molecule has 3 aromatic carbocycles. The Bertz CT molecular complexity index is 1490. The number of aromatic nitrogens is 1. The van der Waals surface area contributed by atoms with Crippen LogP contribution >= 0.6 is 23.4 Å². The fourth-order valence-corrected chi connectivity index (χ4v) is 4.62. The van der Waals surface area contributed by atoms with E-state index in [0.29, 0.717) is 32.7 Å². The van der Waals surface area contributed by atoms with E-state index in [1.165, 1.54) is 33.1 Å². The van der Waals surface area contributed by atoms with Gasteiger partial charge in [-0.2, -0.15) is 0 Å². The summed E-state index contributed by atoms with van der Waals surface area (Å²) in [6, 6.07) is 18.8. The number of nitrogens with zero attached hydrogens (tertiary/aromatic N) is 1. The lowest BCUT2D eigenvalue weighted by molar-refractivity contribution is -0.135. The van der Waals surface area contributed by atoms with Gasteiger partial charge in [0, 0.05) is 21.5 Å². The highest BCUT2D eigenvalue weighted by Crippen LogP contribution is 2.35. The summed E-state index contributed by atoms with van der Waals surface area (Å²) >= 11 is 7.35. The van der Waals surface area contributed by atoms with Crippen LogP contribution in [0.3, 0.4) is 0 Å². The molecule has 4 rings (SSSR count). The standard InChI is InChI=1S/C28H22ClNO6S/c1-33-23-11-6-18(15-24(23)34-2)27(31)36-20-8-4-17(5-9-20)14-26(28(32)35-3)37-25-12-13-30-22-16-19(29)7-10-21(22)25/h4-16H,1-3H3/b26-14+. The Morgan fingerprint density at radius 1 is 0.892 bits per heavy atom. The molecule has 4 aromatic rings. The average Bonchev–Trinajstić information content (AvgIpc) is 2.92. The fourth-order valence-electron chi connectivity index (χ4n) is 3.45. The van der Waals surface area contributed by atoms with Gasteiger partial charge in [-0.3, -0.25) is 4.98 Å². The van der Waals surface area contributed by atoms with Crippen LogP contribution in [-0.2, 0) is 9.53 Å². The molecule has 1 heterocycles. The topological polar surface area (TPSA) is 84.0 Å². The number of pyridine rings is 1. The first-order valence-corrected chi connectivity index (χ1v) is 12.2. The molecule has 37 heavy (non-hydrogen) atoms. The third-order valence-electron chi connectivity index (χ3n) is 5.28. The van der Waals surface area contributed by atoms with Gasteiger partial charge in [0.1, 0.15) is 5.75 Å². The summed E-state index contributed by atoms with van der Waals surface area (Å²) < 4.78 is 20.9. The van der Waals surface area contributed by atoms with E-state index in [1.807, 2.05) is 12.1 Å². The summed E-state index contributed by atoms with van der Waals surface area (Å²) in [5.41, 5.74) is 1.76. The molecule has 0 radical (unpaired) electrons. The van der Waals surface area contributed by atoms with E-state index >= 15 is 0 Å². The van der Waals surface area contributed by atoms with Crippen LogP contribution in [0.15, 0.2) is 82.7 Å². The van der Waals surface area contributed by atoms with Crippen molar-refractivity contribution in [1.82, 2.24) is 4.98 Å². The van der Waals surface area contributed by atoms with Crippen molar-refractivity contribution in [3.63, 3.8) is 0 Å². The van der Waals surface area contributed by atoms with Gasteiger partial charge in [-0.05, 0) is 60.2 Å². The summed E-state index contributed by atoms with van der Waals surface area (Å²) in [5, 5.41) is 1.45. The third-order valence-corrected chi connectivity index (χ3v) is 6.59. The third kappa shape index (κ3) is 6.22. The molecule has 1 aromatic heterocycles. The van der Waals surface area contributed by atoms with Gasteiger partial charge >= 0.3 is 11.9 Å². The van der Waals surface area contributed by atoms with Crippen molar-refractivity contribution in [3.05, 3.63) is 94.0 Å². The van der Waals surface area contributed by atoms with Gasteiger partial charge in [0.25, 0.3) is 0 Å². The molecule has 0 fully saturated rings. The lowest BCUT2D eigenvalue weighted by Crippen LogP contribution is -2.09. The Morgan fingerprint density at radius 3 is 2.35 bits per heavy atom. The van der Waals surface area contributed by atoms with Crippen LogP contribution in [0.4, 0.5) is 0 Å². The molecular weight excluding hydrogens is 514 g/mol. The maximum absolute atomic E-state index is 12.6. The first kappa shape index (κ1) is 26.1. The van der Waals surface area contributed by atoms with Crippen molar-refractivity contribution in [3.8, 4) is 17.2 Å². The van der Waals surface area contributed by atoms with Crippen LogP contribution in [0.2, 0.25) is 5.02 Å². The summed E-state index contributed by atoms with van der Waals surface area (Å²) in [6.45, 7) is 0. The van der Waals surface area contributed by atoms with Gasteiger partial charge in [-0.1, -0.05) is 41.6 Å². The highest BCUT2D eigenvalue weighted by atomic mass is 35.5. The first-order chi connectivity index (χ1) is 17.9. The number of fused-ring (bicyclic) bond motifs is 1. The van der Waals surface area contributed by atoms with Crippen LogP contribution in [0.5, 0.6) is 17.2 Å². The number of carbonyl (C=O) groups is 2. The van der Waals surface area contributed by atoms with E-state index < -0.39 is 11.9 Å². The monoisotopic (exact) mass is 535 g/mol. The summed E-state index contributed by atoms with van der Waals surface area (Å²) in [6.07, 6.45) is 3.37. The molecule has 0 saturated heterocycles. The molecule has 0 aliphatic carbocycles. The van der Waals surface area contributed by atoms with Crippen molar-refractivity contribution in [2.45, 2.75) is 4.90 Å². The summed E-state index contributed by atoms with van der Waals surface area (Å²) in [7, 11) is 4.34. The van der Waals surface area contributed by atoms with Gasteiger partial charge in [0.15, 0.2) is 11.5 Å².